The quantitative estimate of drug-likeness (QED) is 0.908. The van der Waals surface area contributed by atoms with E-state index in [1.807, 2.05) is 11.7 Å². The number of rotatable bonds is 5. The van der Waals surface area contributed by atoms with Gasteiger partial charge in [0.05, 0.1) is 17.9 Å². The standard InChI is InChI=1S/C16H24N4/c1-6-13-9-15(20(5)18-13)11-17-14-8-7-12(2)16(10-14)19(3)4/h7-10,17H,6,11H2,1-5H3. The summed E-state index contributed by atoms with van der Waals surface area (Å²) in [5.41, 5.74) is 6.01. The normalized spacial score (nSPS) is 10.7. The smallest absolute Gasteiger partial charge is 0.0625 e. The molecular weight excluding hydrogens is 248 g/mol. The van der Waals surface area contributed by atoms with Crippen LogP contribution in [0.15, 0.2) is 24.3 Å². The van der Waals surface area contributed by atoms with Crippen LogP contribution >= 0.6 is 0 Å². The Labute approximate surface area is 121 Å². The van der Waals surface area contributed by atoms with Crippen molar-refractivity contribution < 1.29 is 0 Å². The van der Waals surface area contributed by atoms with Gasteiger partial charge in [0.15, 0.2) is 0 Å². The molecule has 4 heteroatoms. The van der Waals surface area contributed by atoms with Gasteiger partial charge in [-0.3, -0.25) is 4.68 Å². The zero-order valence-electron chi connectivity index (χ0n) is 13.1. The molecule has 20 heavy (non-hydrogen) atoms. The highest BCUT2D eigenvalue weighted by atomic mass is 15.3. The topological polar surface area (TPSA) is 33.1 Å². The van der Waals surface area contributed by atoms with E-state index in [0.717, 1.165) is 24.3 Å². The first-order chi connectivity index (χ1) is 9.51. The third-order valence-electron chi connectivity index (χ3n) is 3.55. The number of anilines is 2. The molecule has 1 aromatic heterocycles. The first-order valence-corrected chi connectivity index (χ1v) is 7.05. The van der Waals surface area contributed by atoms with Crippen LogP contribution in [-0.2, 0) is 20.0 Å². The molecule has 0 spiro atoms. The SMILES string of the molecule is CCc1cc(CNc2ccc(C)c(N(C)C)c2)n(C)n1. The molecule has 0 radical (unpaired) electrons. The van der Waals surface area contributed by atoms with E-state index in [0.29, 0.717) is 0 Å². The Balaban J connectivity index is 2.10. The van der Waals surface area contributed by atoms with Gasteiger partial charge in [0, 0.05) is 32.5 Å². The zero-order chi connectivity index (χ0) is 14.7. The summed E-state index contributed by atoms with van der Waals surface area (Å²) in [7, 11) is 6.14. The van der Waals surface area contributed by atoms with Gasteiger partial charge in [-0.05, 0) is 37.1 Å². The maximum atomic E-state index is 4.47. The monoisotopic (exact) mass is 272 g/mol. The summed E-state index contributed by atoms with van der Waals surface area (Å²) in [4.78, 5) is 2.14. The van der Waals surface area contributed by atoms with E-state index in [4.69, 9.17) is 0 Å². The molecule has 0 aliphatic carbocycles. The average molecular weight is 272 g/mol. The second-order valence-electron chi connectivity index (χ2n) is 5.35. The van der Waals surface area contributed by atoms with Crippen molar-refractivity contribution in [2.24, 2.45) is 7.05 Å². The molecule has 0 saturated carbocycles. The fourth-order valence-electron chi connectivity index (χ4n) is 2.30. The summed E-state index contributed by atoms with van der Waals surface area (Å²) in [6.07, 6.45) is 0.975. The Morgan fingerprint density at radius 3 is 2.60 bits per heavy atom. The van der Waals surface area contributed by atoms with E-state index in [2.05, 4.69) is 67.5 Å². The van der Waals surface area contributed by atoms with Crippen LogP contribution < -0.4 is 10.2 Å². The lowest BCUT2D eigenvalue weighted by atomic mass is 10.1. The average Bonchev–Trinajstić information content (AvgIpc) is 2.78. The van der Waals surface area contributed by atoms with Crippen LogP contribution in [0.5, 0.6) is 0 Å². The molecule has 0 bridgehead atoms. The first kappa shape index (κ1) is 14.4. The molecule has 1 aromatic carbocycles. The van der Waals surface area contributed by atoms with Crippen LogP contribution in [0.1, 0.15) is 23.9 Å². The summed E-state index contributed by atoms with van der Waals surface area (Å²) in [5.74, 6) is 0. The second-order valence-corrected chi connectivity index (χ2v) is 5.35. The number of nitrogens with zero attached hydrogens (tertiary/aromatic N) is 3. The van der Waals surface area contributed by atoms with Gasteiger partial charge in [-0.2, -0.15) is 5.10 Å². The van der Waals surface area contributed by atoms with E-state index >= 15 is 0 Å². The van der Waals surface area contributed by atoms with Crippen molar-refractivity contribution in [1.29, 1.82) is 0 Å². The molecule has 1 N–H and O–H groups in total. The van der Waals surface area contributed by atoms with Crippen molar-refractivity contribution in [3.8, 4) is 0 Å². The number of nitrogens with one attached hydrogen (secondary N) is 1. The van der Waals surface area contributed by atoms with Crippen molar-refractivity contribution in [1.82, 2.24) is 9.78 Å². The van der Waals surface area contributed by atoms with Crippen molar-refractivity contribution in [3.05, 3.63) is 41.2 Å². The van der Waals surface area contributed by atoms with Gasteiger partial charge in [0.1, 0.15) is 0 Å². The van der Waals surface area contributed by atoms with Crippen LogP contribution in [0.2, 0.25) is 0 Å². The van der Waals surface area contributed by atoms with Gasteiger partial charge in [-0.25, -0.2) is 0 Å². The highest BCUT2D eigenvalue weighted by Gasteiger charge is 2.05. The molecule has 2 aromatic rings. The number of hydrogen-bond donors (Lipinski definition) is 1. The maximum absolute atomic E-state index is 4.47. The molecule has 0 saturated heterocycles. The summed E-state index contributed by atoms with van der Waals surface area (Å²) in [6.45, 7) is 5.05. The Kier molecular flexibility index (Phi) is 4.32. The Morgan fingerprint density at radius 2 is 2.00 bits per heavy atom. The molecule has 0 unspecified atom stereocenters. The first-order valence-electron chi connectivity index (χ1n) is 7.05. The minimum atomic E-state index is 0.791. The van der Waals surface area contributed by atoms with Crippen LogP contribution in [0.3, 0.4) is 0 Å². The van der Waals surface area contributed by atoms with Gasteiger partial charge in [0.2, 0.25) is 0 Å². The van der Waals surface area contributed by atoms with Gasteiger partial charge in [-0.1, -0.05) is 13.0 Å². The molecule has 0 fully saturated rings. The minimum Gasteiger partial charge on any atom is -0.379 e. The Morgan fingerprint density at radius 1 is 1.25 bits per heavy atom. The van der Waals surface area contributed by atoms with E-state index < -0.39 is 0 Å². The van der Waals surface area contributed by atoms with Crippen molar-refractivity contribution >= 4 is 11.4 Å². The highest BCUT2D eigenvalue weighted by Crippen LogP contribution is 2.22. The molecule has 0 amide bonds. The molecule has 108 valence electrons. The lowest BCUT2D eigenvalue weighted by Crippen LogP contribution is -2.11. The number of aromatic nitrogens is 2. The largest absolute Gasteiger partial charge is 0.379 e. The minimum absolute atomic E-state index is 0.791. The second kappa shape index (κ2) is 5.99. The van der Waals surface area contributed by atoms with E-state index in [9.17, 15) is 0 Å². The lowest BCUT2D eigenvalue weighted by Gasteiger charge is -2.17. The fraction of sp³-hybridized carbons (Fsp3) is 0.438. The lowest BCUT2D eigenvalue weighted by molar-refractivity contribution is 0.707. The van der Waals surface area contributed by atoms with Crippen LogP contribution in [-0.4, -0.2) is 23.9 Å². The molecular formula is C16H24N4. The predicted molar refractivity (Wildman–Crippen MR) is 85.4 cm³/mol. The number of hydrogen-bond acceptors (Lipinski definition) is 3. The summed E-state index contributed by atoms with van der Waals surface area (Å²) >= 11 is 0. The predicted octanol–water partition coefficient (Wildman–Crippen LogP) is 2.97. The molecule has 0 atom stereocenters. The molecule has 2 rings (SSSR count). The molecule has 4 nitrogen and oxygen atoms in total. The highest BCUT2D eigenvalue weighted by molar-refractivity contribution is 5.61. The Bertz CT molecular complexity index is 584. The maximum Gasteiger partial charge on any atom is 0.0625 e. The van der Waals surface area contributed by atoms with Crippen LogP contribution in [0.4, 0.5) is 11.4 Å². The third-order valence-corrected chi connectivity index (χ3v) is 3.55. The summed E-state index contributed by atoms with van der Waals surface area (Å²) in [6, 6.07) is 8.62. The summed E-state index contributed by atoms with van der Waals surface area (Å²) < 4.78 is 1.95. The van der Waals surface area contributed by atoms with E-state index in [-0.39, 0.29) is 0 Å². The zero-order valence-corrected chi connectivity index (χ0v) is 13.1. The number of aryl methyl sites for hydroxylation is 3. The molecule has 0 aliphatic rings. The van der Waals surface area contributed by atoms with Gasteiger partial charge < -0.3 is 10.2 Å². The van der Waals surface area contributed by atoms with Crippen LogP contribution in [0, 0.1) is 6.92 Å². The third kappa shape index (κ3) is 3.13. The summed E-state index contributed by atoms with van der Waals surface area (Å²) in [5, 5.41) is 7.94. The Hall–Kier alpha value is -1.97. The van der Waals surface area contributed by atoms with E-state index in [1.165, 1.54) is 16.9 Å². The fourth-order valence-corrected chi connectivity index (χ4v) is 2.30. The van der Waals surface area contributed by atoms with Gasteiger partial charge >= 0.3 is 0 Å². The molecule has 0 aliphatic heterocycles. The van der Waals surface area contributed by atoms with Gasteiger partial charge in [-0.15, -0.1) is 0 Å². The van der Waals surface area contributed by atoms with Crippen molar-refractivity contribution in [3.63, 3.8) is 0 Å². The number of benzene rings is 1. The molecule has 1 heterocycles. The van der Waals surface area contributed by atoms with Crippen molar-refractivity contribution in [2.75, 3.05) is 24.3 Å². The van der Waals surface area contributed by atoms with Crippen LogP contribution in [0.25, 0.3) is 0 Å². The van der Waals surface area contributed by atoms with Gasteiger partial charge in [0.25, 0.3) is 0 Å². The van der Waals surface area contributed by atoms with Crippen molar-refractivity contribution in [2.45, 2.75) is 26.8 Å². The van der Waals surface area contributed by atoms with E-state index in [1.54, 1.807) is 0 Å².